The largest absolute Gasteiger partial charge is 0.352 e. The van der Waals surface area contributed by atoms with Crippen molar-refractivity contribution in [2.75, 3.05) is 13.1 Å². The minimum Gasteiger partial charge on any atom is -0.352 e. The molecule has 0 aromatic carbocycles. The van der Waals surface area contributed by atoms with Crippen molar-refractivity contribution in [1.82, 2.24) is 25.4 Å². The zero-order valence-corrected chi connectivity index (χ0v) is 11.1. The second-order valence-electron chi connectivity index (χ2n) is 4.29. The Hall–Kier alpha value is -1.92. The highest BCUT2D eigenvalue weighted by Crippen LogP contribution is 1.99. The van der Waals surface area contributed by atoms with E-state index in [1.165, 1.54) is 4.90 Å². The number of amides is 2. The maximum absolute atomic E-state index is 12.0. The number of likely N-dealkylation sites (N-methyl/N-ethyl adjacent to an activating group) is 1. The van der Waals surface area contributed by atoms with Crippen molar-refractivity contribution >= 4 is 11.8 Å². The molecule has 1 heterocycles. The summed E-state index contributed by atoms with van der Waals surface area (Å²) in [6.45, 7) is 7.70. The monoisotopic (exact) mass is 253 g/mol. The van der Waals surface area contributed by atoms with Crippen LogP contribution in [0.15, 0.2) is 0 Å². The SMILES string of the molecule is CCN(CC(=O)NC(C)C)C(=O)c1n[nH]c(C)n1. The first-order chi connectivity index (χ1) is 8.43. The Bertz CT molecular complexity index is 427. The van der Waals surface area contributed by atoms with Gasteiger partial charge in [0.15, 0.2) is 0 Å². The molecule has 1 rings (SSSR count). The minimum atomic E-state index is -0.347. The Kier molecular flexibility index (Phi) is 4.82. The first-order valence-corrected chi connectivity index (χ1v) is 5.91. The smallest absolute Gasteiger partial charge is 0.293 e. The summed E-state index contributed by atoms with van der Waals surface area (Å²) in [5.74, 6) is 0.126. The van der Waals surface area contributed by atoms with Crippen molar-refractivity contribution in [2.24, 2.45) is 0 Å². The third-order valence-corrected chi connectivity index (χ3v) is 2.24. The van der Waals surface area contributed by atoms with Crippen LogP contribution < -0.4 is 5.32 Å². The Labute approximate surface area is 106 Å². The van der Waals surface area contributed by atoms with Gasteiger partial charge in [0.2, 0.25) is 11.7 Å². The highest BCUT2D eigenvalue weighted by Gasteiger charge is 2.20. The zero-order chi connectivity index (χ0) is 13.7. The van der Waals surface area contributed by atoms with Gasteiger partial charge >= 0.3 is 0 Å². The van der Waals surface area contributed by atoms with Crippen molar-refractivity contribution in [2.45, 2.75) is 33.7 Å². The van der Waals surface area contributed by atoms with Gasteiger partial charge in [0, 0.05) is 12.6 Å². The third kappa shape index (κ3) is 3.83. The van der Waals surface area contributed by atoms with E-state index in [1.54, 1.807) is 13.8 Å². The van der Waals surface area contributed by atoms with Crippen LogP contribution in [0.1, 0.15) is 37.2 Å². The lowest BCUT2D eigenvalue weighted by Crippen LogP contribution is -2.43. The lowest BCUT2D eigenvalue weighted by atomic mass is 10.3. The molecule has 0 atom stereocenters. The van der Waals surface area contributed by atoms with Crippen molar-refractivity contribution < 1.29 is 9.59 Å². The van der Waals surface area contributed by atoms with E-state index in [2.05, 4.69) is 20.5 Å². The highest BCUT2D eigenvalue weighted by atomic mass is 16.2. The lowest BCUT2D eigenvalue weighted by molar-refractivity contribution is -0.122. The van der Waals surface area contributed by atoms with Gasteiger partial charge in [-0.2, -0.15) is 0 Å². The molecule has 2 N–H and O–H groups in total. The Morgan fingerprint density at radius 2 is 2.11 bits per heavy atom. The molecule has 0 aliphatic heterocycles. The van der Waals surface area contributed by atoms with E-state index in [0.29, 0.717) is 12.4 Å². The average molecular weight is 253 g/mol. The minimum absolute atomic E-state index is 0.0150. The molecule has 0 aliphatic rings. The number of aromatic nitrogens is 3. The van der Waals surface area contributed by atoms with Crippen molar-refractivity contribution in [3.05, 3.63) is 11.6 Å². The molecular weight excluding hydrogens is 234 g/mol. The summed E-state index contributed by atoms with van der Waals surface area (Å²) in [6.07, 6.45) is 0. The molecule has 18 heavy (non-hydrogen) atoms. The van der Waals surface area contributed by atoms with Crippen LogP contribution in [0.3, 0.4) is 0 Å². The number of aromatic amines is 1. The van der Waals surface area contributed by atoms with E-state index >= 15 is 0 Å². The van der Waals surface area contributed by atoms with Crippen LogP contribution in [-0.2, 0) is 4.79 Å². The Balaban J connectivity index is 2.66. The first kappa shape index (κ1) is 14.1. The maximum Gasteiger partial charge on any atom is 0.293 e. The molecule has 1 aromatic rings. The summed E-state index contributed by atoms with van der Waals surface area (Å²) in [5, 5.41) is 9.14. The first-order valence-electron chi connectivity index (χ1n) is 5.91. The van der Waals surface area contributed by atoms with Gasteiger partial charge in [-0.1, -0.05) is 0 Å². The van der Waals surface area contributed by atoms with Crippen molar-refractivity contribution in [3.63, 3.8) is 0 Å². The van der Waals surface area contributed by atoms with Crippen LogP contribution in [0.4, 0.5) is 0 Å². The molecule has 100 valence electrons. The number of H-pyrrole nitrogens is 1. The number of hydrogen-bond donors (Lipinski definition) is 2. The number of nitrogens with one attached hydrogen (secondary N) is 2. The standard InChI is InChI=1S/C11H19N5O2/c1-5-16(6-9(17)12-7(2)3)11(18)10-13-8(4)14-15-10/h7H,5-6H2,1-4H3,(H,12,17)(H,13,14,15). The molecule has 0 aliphatic carbocycles. The van der Waals surface area contributed by atoms with Crippen LogP contribution in [0, 0.1) is 6.92 Å². The molecule has 1 aromatic heterocycles. The number of carbonyl (C=O) groups excluding carboxylic acids is 2. The molecule has 0 saturated carbocycles. The normalized spacial score (nSPS) is 10.5. The molecule has 0 bridgehead atoms. The van der Waals surface area contributed by atoms with Gasteiger partial charge in [0.05, 0.1) is 6.54 Å². The topological polar surface area (TPSA) is 91.0 Å². The third-order valence-electron chi connectivity index (χ3n) is 2.24. The number of nitrogens with zero attached hydrogens (tertiary/aromatic N) is 3. The molecular formula is C11H19N5O2. The fourth-order valence-electron chi connectivity index (χ4n) is 1.45. The Morgan fingerprint density at radius 3 is 2.56 bits per heavy atom. The average Bonchev–Trinajstić information content (AvgIpc) is 2.70. The van der Waals surface area contributed by atoms with Crippen molar-refractivity contribution in [3.8, 4) is 0 Å². The maximum atomic E-state index is 12.0. The van der Waals surface area contributed by atoms with E-state index in [-0.39, 0.29) is 30.2 Å². The second-order valence-corrected chi connectivity index (χ2v) is 4.29. The molecule has 0 spiro atoms. The van der Waals surface area contributed by atoms with Gasteiger partial charge in [0.1, 0.15) is 5.82 Å². The molecule has 0 radical (unpaired) electrons. The predicted molar refractivity (Wildman–Crippen MR) is 66.0 cm³/mol. The van der Waals surface area contributed by atoms with E-state index < -0.39 is 0 Å². The van der Waals surface area contributed by atoms with Gasteiger partial charge in [-0.05, 0) is 27.7 Å². The van der Waals surface area contributed by atoms with E-state index in [1.807, 2.05) is 13.8 Å². The summed E-state index contributed by atoms with van der Waals surface area (Å²) in [7, 11) is 0. The van der Waals surface area contributed by atoms with Gasteiger partial charge in [-0.15, -0.1) is 5.10 Å². The molecule has 2 amide bonds. The quantitative estimate of drug-likeness (QED) is 0.778. The summed E-state index contributed by atoms with van der Waals surface area (Å²) < 4.78 is 0. The molecule has 0 fully saturated rings. The molecule has 7 heteroatoms. The number of rotatable bonds is 5. The van der Waals surface area contributed by atoms with E-state index in [0.717, 1.165) is 0 Å². The lowest BCUT2D eigenvalue weighted by Gasteiger charge is -2.19. The van der Waals surface area contributed by atoms with Crippen LogP contribution >= 0.6 is 0 Å². The van der Waals surface area contributed by atoms with Gasteiger partial charge in [-0.25, -0.2) is 4.98 Å². The summed E-state index contributed by atoms with van der Waals surface area (Å²) in [4.78, 5) is 29.0. The molecule has 0 saturated heterocycles. The predicted octanol–water partition coefficient (Wildman–Crippen LogP) is 0.0998. The fraction of sp³-hybridized carbons (Fsp3) is 0.636. The Morgan fingerprint density at radius 1 is 1.44 bits per heavy atom. The number of hydrogen-bond acceptors (Lipinski definition) is 4. The van der Waals surface area contributed by atoms with E-state index in [9.17, 15) is 9.59 Å². The van der Waals surface area contributed by atoms with Crippen LogP contribution in [0.2, 0.25) is 0 Å². The van der Waals surface area contributed by atoms with Gasteiger partial charge in [0.25, 0.3) is 5.91 Å². The summed E-state index contributed by atoms with van der Waals surface area (Å²) in [5.41, 5.74) is 0. The van der Waals surface area contributed by atoms with Gasteiger partial charge in [-0.3, -0.25) is 14.7 Å². The number of carbonyl (C=O) groups is 2. The highest BCUT2D eigenvalue weighted by molar-refractivity contribution is 5.93. The number of aryl methyl sites for hydroxylation is 1. The summed E-state index contributed by atoms with van der Waals surface area (Å²) in [6, 6.07) is 0.0528. The van der Waals surface area contributed by atoms with E-state index in [4.69, 9.17) is 0 Å². The molecule has 0 unspecified atom stereocenters. The van der Waals surface area contributed by atoms with Crippen molar-refractivity contribution in [1.29, 1.82) is 0 Å². The van der Waals surface area contributed by atoms with Gasteiger partial charge < -0.3 is 10.2 Å². The van der Waals surface area contributed by atoms with Crippen LogP contribution in [0.5, 0.6) is 0 Å². The van der Waals surface area contributed by atoms with Crippen LogP contribution in [0.25, 0.3) is 0 Å². The second kappa shape index (κ2) is 6.13. The molecule has 7 nitrogen and oxygen atoms in total. The summed E-state index contributed by atoms with van der Waals surface area (Å²) >= 11 is 0. The fourth-order valence-corrected chi connectivity index (χ4v) is 1.45. The zero-order valence-electron chi connectivity index (χ0n) is 11.1. The van der Waals surface area contributed by atoms with Crippen LogP contribution in [-0.4, -0.2) is 51.0 Å².